The summed E-state index contributed by atoms with van der Waals surface area (Å²) in [7, 11) is -9.75. The third-order valence-electron chi connectivity index (χ3n) is 4.55. The molecule has 0 aromatic heterocycles. The zero-order chi connectivity index (χ0) is 34.7. The van der Waals surface area contributed by atoms with Gasteiger partial charge in [-0.2, -0.15) is 0 Å². The second kappa shape index (κ2) is 28.1. The summed E-state index contributed by atoms with van der Waals surface area (Å²) in [6, 6.07) is 0. The maximum Gasteiger partial charge on any atom is 0.344 e. The molecule has 15 nitrogen and oxygen atoms in total. The molecule has 0 amide bonds. The van der Waals surface area contributed by atoms with E-state index in [4.69, 9.17) is 36.6 Å². The second-order valence-electron chi connectivity index (χ2n) is 7.94. The molecule has 0 aliphatic carbocycles. The van der Waals surface area contributed by atoms with E-state index in [1.165, 1.54) is 6.92 Å². The average Bonchev–Trinajstić information content (AvgIpc) is 2.93. The molecule has 0 aromatic carbocycles. The highest BCUT2D eigenvalue weighted by atomic mass is 31.2. The van der Waals surface area contributed by atoms with Crippen LogP contribution in [0.1, 0.15) is 75.7 Å². The molecule has 0 fully saturated rings. The maximum absolute atomic E-state index is 12.1. The van der Waals surface area contributed by atoms with Crippen LogP contribution in [-0.4, -0.2) is 95.4 Å². The van der Waals surface area contributed by atoms with Crippen LogP contribution in [0, 0.1) is 0 Å². The summed E-state index contributed by atoms with van der Waals surface area (Å²) in [4.78, 5) is 33.5. The number of esters is 3. The van der Waals surface area contributed by atoms with E-state index < -0.39 is 40.4 Å². The summed E-state index contributed by atoms with van der Waals surface area (Å²) in [6.45, 7) is 19.3. The lowest BCUT2D eigenvalue weighted by Crippen LogP contribution is -2.22. The van der Waals surface area contributed by atoms with Crippen molar-refractivity contribution in [1.82, 2.24) is 0 Å². The minimum Gasteiger partial charge on any atom is -0.466 e. The highest BCUT2D eigenvalue weighted by molar-refractivity contribution is 7.55. The Bertz CT molecular complexity index is 883. The molecule has 0 aliphatic heterocycles. The molecule has 18 heteroatoms. The molecule has 0 saturated carbocycles. The van der Waals surface area contributed by atoms with E-state index >= 15 is 0 Å². The molecule has 0 spiro atoms. The number of hydrogen-bond acceptors (Lipinski definition) is 15. The molecule has 0 aliphatic rings. The number of ether oxygens (including phenoxy) is 3. The lowest BCUT2D eigenvalue weighted by molar-refractivity contribution is -0.143. The highest BCUT2D eigenvalue weighted by Crippen LogP contribution is 2.53. The predicted octanol–water partition coefficient (Wildman–Crippen LogP) is 6.23. The van der Waals surface area contributed by atoms with Crippen molar-refractivity contribution in [1.29, 1.82) is 0 Å². The molecule has 0 N–H and O–H groups in total. The standard InChI is InChI=1S/2C9H19O5P.C8H17O5P/c1-5-12-9(10)8(4)15(11,13-6-2)14-7-3;1-4-12-9(10)7-8-15(11,13-5-2)14-6-3;1-4-11-8(9)7-14(10,12-5-2)13-6-3/h8H,5-7H2,1-4H3;4-8H2,1-3H3;4-7H2,1-3H3. The Hall–Kier alpha value is -1.14. The van der Waals surface area contributed by atoms with Gasteiger partial charge in [-0.05, 0) is 69.2 Å². The van der Waals surface area contributed by atoms with Crippen molar-refractivity contribution in [3.8, 4) is 0 Å². The first kappa shape index (κ1) is 47.3. The molecule has 0 radical (unpaired) electrons. The van der Waals surface area contributed by atoms with Crippen LogP contribution in [0.25, 0.3) is 0 Å². The van der Waals surface area contributed by atoms with Crippen LogP contribution in [0.5, 0.6) is 0 Å². The van der Waals surface area contributed by atoms with Gasteiger partial charge in [-0.1, -0.05) is 0 Å². The zero-order valence-corrected chi connectivity index (χ0v) is 30.7. The van der Waals surface area contributed by atoms with E-state index in [2.05, 4.69) is 4.74 Å². The van der Waals surface area contributed by atoms with E-state index in [1.807, 2.05) is 0 Å². The van der Waals surface area contributed by atoms with Crippen LogP contribution in [0.2, 0.25) is 0 Å². The van der Waals surface area contributed by atoms with Gasteiger partial charge in [-0.25, -0.2) is 0 Å². The van der Waals surface area contributed by atoms with Crippen LogP contribution >= 0.6 is 22.8 Å². The average molecular weight is 701 g/mol. The van der Waals surface area contributed by atoms with Crippen molar-refractivity contribution < 1.29 is 69.4 Å². The molecule has 0 aromatic rings. The molecule has 44 heavy (non-hydrogen) atoms. The minimum absolute atomic E-state index is 0.0606. The summed E-state index contributed by atoms with van der Waals surface area (Å²) in [5, 5.41) is 0. The SMILES string of the molecule is CCOC(=O)C(C)P(=O)(OCC)OCC.CCOC(=O)CCP(=O)(OCC)OCC.CCOC(=O)CP(=O)(OCC)OCC. The summed E-state index contributed by atoms with van der Waals surface area (Å²) < 4.78 is 79.8. The van der Waals surface area contributed by atoms with Crippen LogP contribution in [0.4, 0.5) is 0 Å². The van der Waals surface area contributed by atoms with Crippen LogP contribution in [-0.2, 0) is 69.4 Å². The first-order chi connectivity index (χ1) is 20.7. The Morgan fingerprint density at radius 1 is 0.500 bits per heavy atom. The second-order valence-corrected chi connectivity index (χ2v) is 14.5. The molecule has 0 rings (SSSR count). The van der Waals surface area contributed by atoms with Gasteiger partial charge in [-0.15, -0.1) is 0 Å². The topological polar surface area (TPSA) is 185 Å². The Morgan fingerprint density at radius 2 is 0.864 bits per heavy atom. The third-order valence-corrected chi connectivity index (χ3v) is 11.0. The van der Waals surface area contributed by atoms with Gasteiger partial charge in [0, 0.05) is 0 Å². The van der Waals surface area contributed by atoms with E-state index in [-0.39, 0.29) is 64.4 Å². The van der Waals surface area contributed by atoms with Crippen molar-refractivity contribution in [2.75, 3.05) is 71.8 Å². The van der Waals surface area contributed by atoms with Crippen molar-refractivity contribution in [2.45, 2.75) is 81.3 Å². The predicted molar refractivity (Wildman–Crippen MR) is 166 cm³/mol. The van der Waals surface area contributed by atoms with Gasteiger partial charge in [0.05, 0.1) is 72.0 Å². The Labute approximate surface area is 263 Å². The quantitative estimate of drug-likeness (QED) is 0.0703. The van der Waals surface area contributed by atoms with E-state index in [1.54, 1.807) is 62.3 Å². The monoisotopic (exact) mass is 700 g/mol. The Morgan fingerprint density at radius 3 is 1.23 bits per heavy atom. The largest absolute Gasteiger partial charge is 0.466 e. The summed E-state index contributed by atoms with van der Waals surface area (Å²) >= 11 is 0. The smallest absolute Gasteiger partial charge is 0.344 e. The first-order valence-corrected chi connectivity index (χ1v) is 19.9. The first-order valence-electron chi connectivity index (χ1n) is 14.8. The fraction of sp³-hybridized carbons (Fsp3) is 0.885. The molecule has 1 atom stereocenters. The van der Waals surface area contributed by atoms with Crippen molar-refractivity contribution in [3.05, 3.63) is 0 Å². The summed E-state index contributed by atoms with van der Waals surface area (Å²) in [5.74, 6) is -1.49. The van der Waals surface area contributed by atoms with Gasteiger partial charge in [0.25, 0.3) is 0 Å². The van der Waals surface area contributed by atoms with Gasteiger partial charge in [0.15, 0.2) is 5.66 Å². The Kier molecular flexibility index (Phi) is 30.2. The molecule has 0 saturated heterocycles. The molecule has 264 valence electrons. The van der Waals surface area contributed by atoms with E-state index in [0.717, 1.165) is 0 Å². The van der Waals surface area contributed by atoms with E-state index in [9.17, 15) is 28.1 Å². The normalized spacial score (nSPS) is 12.1. The molecular weight excluding hydrogens is 645 g/mol. The van der Waals surface area contributed by atoms with E-state index in [0.29, 0.717) is 19.8 Å². The number of rotatable bonds is 22. The summed E-state index contributed by atoms with van der Waals surface area (Å²) in [5.41, 5.74) is -0.877. The van der Waals surface area contributed by atoms with Gasteiger partial charge in [0.2, 0.25) is 0 Å². The summed E-state index contributed by atoms with van der Waals surface area (Å²) in [6.07, 6.45) is -0.179. The molecular formula is C26H55O15P3. The third kappa shape index (κ3) is 23.2. The number of hydrogen-bond donors (Lipinski definition) is 0. The van der Waals surface area contributed by atoms with Crippen molar-refractivity contribution >= 4 is 40.7 Å². The number of carbonyl (C=O) groups is 3. The van der Waals surface area contributed by atoms with Crippen LogP contribution < -0.4 is 0 Å². The lowest BCUT2D eigenvalue weighted by atomic mass is 10.5. The van der Waals surface area contributed by atoms with Gasteiger partial charge >= 0.3 is 40.7 Å². The fourth-order valence-corrected chi connectivity index (χ4v) is 7.52. The molecule has 0 bridgehead atoms. The lowest BCUT2D eigenvalue weighted by Gasteiger charge is -2.21. The molecule has 0 heterocycles. The van der Waals surface area contributed by atoms with Crippen molar-refractivity contribution in [3.63, 3.8) is 0 Å². The van der Waals surface area contributed by atoms with Crippen LogP contribution in [0.15, 0.2) is 0 Å². The van der Waals surface area contributed by atoms with Gasteiger partial charge in [-0.3, -0.25) is 28.1 Å². The van der Waals surface area contributed by atoms with Crippen molar-refractivity contribution in [2.24, 2.45) is 0 Å². The highest BCUT2D eigenvalue weighted by Gasteiger charge is 2.38. The van der Waals surface area contributed by atoms with Gasteiger partial charge < -0.3 is 41.4 Å². The maximum atomic E-state index is 12.1. The fourth-order valence-electron chi connectivity index (χ4n) is 2.92. The minimum atomic E-state index is -3.37. The molecule has 1 unspecified atom stereocenters. The Balaban J connectivity index is -0.000000574. The van der Waals surface area contributed by atoms with Crippen LogP contribution in [0.3, 0.4) is 0 Å². The van der Waals surface area contributed by atoms with Gasteiger partial charge in [0.1, 0.15) is 6.16 Å². The number of carbonyl (C=O) groups excluding carboxylic acids is 3. The zero-order valence-electron chi connectivity index (χ0n) is 28.0.